The zero-order chi connectivity index (χ0) is 21.5. The second-order valence-corrected chi connectivity index (χ2v) is 9.20. The van der Waals surface area contributed by atoms with Crippen molar-refractivity contribution in [2.24, 2.45) is 11.8 Å². The van der Waals surface area contributed by atoms with Crippen LogP contribution >= 0.6 is 11.8 Å². The number of thioether (sulfide) groups is 1. The van der Waals surface area contributed by atoms with Gasteiger partial charge in [0.1, 0.15) is 5.82 Å². The lowest BCUT2D eigenvalue weighted by Crippen LogP contribution is -2.46. The van der Waals surface area contributed by atoms with Gasteiger partial charge in [-0.2, -0.15) is 0 Å². The lowest BCUT2D eigenvalue weighted by Gasteiger charge is -2.36. The number of carbonyl (C=O) groups is 3. The number of carbonyl (C=O) groups excluding carboxylic acids is 3. The van der Waals surface area contributed by atoms with Gasteiger partial charge in [-0.25, -0.2) is 4.39 Å². The summed E-state index contributed by atoms with van der Waals surface area (Å²) in [5.41, 5.74) is 0.531. The van der Waals surface area contributed by atoms with E-state index < -0.39 is 0 Å². The Morgan fingerprint density at radius 1 is 0.967 bits per heavy atom. The molecular formula is C22H30FN3O3S. The highest BCUT2D eigenvalue weighted by Gasteiger charge is 2.31. The van der Waals surface area contributed by atoms with E-state index in [-0.39, 0.29) is 41.0 Å². The van der Waals surface area contributed by atoms with Crippen LogP contribution in [-0.2, 0) is 14.4 Å². The van der Waals surface area contributed by atoms with Gasteiger partial charge in [0.25, 0.3) is 0 Å². The number of nitrogens with one attached hydrogen (secondary N) is 1. The summed E-state index contributed by atoms with van der Waals surface area (Å²) in [5, 5.41) is 2.68. The number of nitrogens with zero attached hydrogens (tertiary/aromatic N) is 2. The molecule has 1 N–H and O–H groups in total. The van der Waals surface area contributed by atoms with Crippen molar-refractivity contribution in [3.8, 4) is 0 Å². The Kier molecular flexibility index (Phi) is 8.13. The van der Waals surface area contributed by atoms with Crippen LogP contribution in [0.3, 0.4) is 0 Å². The summed E-state index contributed by atoms with van der Waals surface area (Å²) in [5.74, 6) is 0.794. The van der Waals surface area contributed by atoms with Crippen molar-refractivity contribution >= 4 is 35.2 Å². The lowest BCUT2D eigenvalue weighted by atomic mass is 9.92. The summed E-state index contributed by atoms with van der Waals surface area (Å²) in [7, 11) is 0. The fourth-order valence-corrected chi connectivity index (χ4v) is 4.63. The first kappa shape index (κ1) is 22.6. The molecular weight excluding hydrogens is 405 g/mol. The molecule has 0 saturated carbocycles. The molecule has 0 radical (unpaired) electrons. The Bertz CT molecular complexity index is 742. The molecule has 3 amide bonds. The molecule has 0 bridgehead atoms. The highest BCUT2D eigenvalue weighted by molar-refractivity contribution is 8.00. The predicted octanol–water partition coefficient (Wildman–Crippen LogP) is 2.99. The fraction of sp³-hybridized carbons (Fsp3) is 0.591. The van der Waals surface area contributed by atoms with Gasteiger partial charge in [0.2, 0.25) is 17.7 Å². The smallest absolute Gasteiger partial charge is 0.234 e. The zero-order valence-corrected chi connectivity index (χ0v) is 18.3. The van der Waals surface area contributed by atoms with Crippen LogP contribution in [0.4, 0.5) is 10.1 Å². The van der Waals surface area contributed by atoms with E-state index in [2.05, 4.69) is 12.2 Å². The largest absolute Gasteiger partial charge is 0.342 e. The molecule has 2 fully saturated rings. The van der Waals surface area contributed by atoms with Gasteiger partial charge in [0.15, 0.2) is 0 Å². The summed E-state index contributed by atoms with van der Waals surface area (Å²) in [6.45, 7) is 5.14. The van der Waals surface area contributed by atoms with Crippen LogP contribution in [0.2, 0.25) is 0 Å². The van der Waals surface area contributed by atoms with E-state index in [1.807, 2.05) is 4.90 Å². The maximum absolute atomic E-state index is 12.9. The van der Waals surface area contributed by atoms with Crippen LogP contribution in [0, 0.1) is 17.7 Å². The quantitative estimate of drug-likeness (QED) is 0.746. The van der Waals surface area contributed by atoms with E-state index in [1.165, 1.54) is 36.0 Å². The van der Waals surface area contributed by atoms with E-state index >= 15 is 0 Å². The minimum atomic E-state index is -0.357. The third-order valence-corrected chi connectivity index (χ3v) is 6.80. The molecule has 1 aromatic rings. The van der Waals surface area contributed by atoms with E-state index in [1.54, 1.807) is 4.90 Å². The first-order valence-electron chi connectivity index (χ1n) is 10.6. The van der Waals surface area contributed by atoms with Crippen LogP contribution in [0.1, 0.15) is 32.6 Å². The number of hydrogen-bond acceptors (Lipinski definition) is 4. The van der Waals surface area contributed by atoms with Gasteiger partial charge in [0, 0.05) is 37.8 Å². The second-order valence-electron chi connectivity index (χ2n) is 8.21. The predicted molar refractivity (Wildman–Crippen MR) is 117 cm³/mol. The number of halogens is 1. The molecule has 2 saturated heterocycles. The third kappa shape index (κ3) is 6.45. The van der Waals surface area contributed by atoms with Gasteiger partial charge in [-0.05, 0) is 55.9 Å². The summed E-state index contributed by atoms with van der Waals surface area (Å²) >= 11 is 1.26. The Morgan fingerprint density at radius 2 is 1.57 bits per heavy atom. The lowest BCUT2D eigenvalue weighted by molar-refractivity contribution is -0.141. The number of benzene rings is 1. The maximum Gasteiger partial charge on any atom is 0.234 e. The Balaban J connectivity index is 1.33. The molecule has 164 valence electrons. The van der Waals surface area contributed by atoms with Gasteiger partial charge in [0.05, 0.1) is 11.5 Å². The highest BCUT2D eigenvalue weighted by atomic mass is 32.2. The van der Waals surface area contributed by atoms with Crippen LogP contribution in [0.25, 0.3) is 0 Å². The molecule has 0 spiro atoms. The number of amides is 3. The maximum atomic E-state index is 12.9. The molecule has 30 heavy (non-hydrogen) atoms. The summed E-state index contributed by atoms with van der Waals surface area (Å²) < 4.78 is 12.9. The molecule has 1 aromatic carbocycles. The number of hydrogen-bond donors (Lipinski definition) is 1. The number of rotatable bonds is 6. The minimum Gasteiger partial charge on any atom is -0.342 e. The van der Waals surface area contributed by atoms with Crippen molar-refractivity contribution in [1.82, 2.24) is 9.80 Å². The average Bonchev–Trinajstić information content (AvgIpc) is 2.75. The van der Waals surface area contributed by atoms with Gasteiger partial charge in [-0.1, -0.05) is 6.92 Å². The molecule has 3 rings (SSSR count). The van der Waals surface area contributed by atoms with Crippen LogP contribution in [0.15, 0.2) is 24.3 Å². The van der Waals surface area contributed by atoms with Crippen molar-refractivity contribution in [3.63, 3.8) is 0 Å². The monoisotopic (exact) mass is 435 g/mol. The van der Waals surface area contributed by atoms with Crippen LogP contribution in [0.5, 0.6) is 0 Å². The third-order valence-electron chi connectivity index (χ3n) is 5.88. The standard InChI is InChI=1S/C22H30FN3O3S/c1-16-6-10-26(11-7-16)22(29)17-8-12-25(13-9-17)21(28)15-30-14-20(27)24-19-4-2-18(23)3-5-19/h2-5,16-17H,6-15H2,1H3,(H,24,27). The van der Waals surface area contributed by atoms with Gasteiger partial charge >= 0.3 is 0 Å². The Labute approximate surface area is 181 Å². The Hall–Kier alpha value is -2.09. The molecule has 0 atom stereocenters. The SMILES string of the molecule is CC1CCN(C(=O)C2CCN(C(=O)CSCC(=O)Nc3ccc(F)cc3)CC2)CC1. The molecule has 0 unspecified atom stereocenters. The Morgan fingerprint density at radius 3 is 2.20 bits per heavy atom. The highest BCUT2D eigenvalue weighted by Crippen LogP contribution is 2.24. The van der Waals surface area contributed by atoms with Gasteiger partial charge in [-0.3, -0.25) is 14.4 Å². The van der Waals surface area contributed by atoms with E-state index in [0.717, 1.165) is 25.9 Å². The molecule has 6 nitrogen and oxygen atoms in total. The molecule has 2 aliphatic heterocycles. The van der Waals surface area contributed by atoms with Gasteiger partial charge < -0.3 is 15.1 Å². The first-order chi connectivity index (χ1) is 14.4. The van der Waals surface area contributed by atoms with Crippen LogP contribution in [-0.4, -0.2) is 65.2 Å². The van der Waals surface area contributed by atoms with E-state index in [0.29, 0.717) is 37.5 Å². The fourth-order valence-electron chi connectivity index (χ4n) is 3.92. The van der Waals surface area contributed by atoms with Crippen molar-refractivity contribution in [2.75, 3.05) is 43.0 Å². The van der Waals surface area contributed by atoms with Crippen molar-refractivity contribution < 1.29 is 18.8 Å². The molecule has 0 aromatic heterocycles. The molecule has 2 heterocycles. The van der Waals surface area contributed by atoms with Crippen molar-refractivity contribution in [2.45, 2.75) is 32.6 Å². The summed E-state index contributed by atoms with van der Waals surface area (Å²) in [4.78, 5) is 40.9. The molecule has 8 heteroatoms. The average molecular weight is 436 g/mol. The number of likely N-dealkylation sites (tertiary alicyclic amines) is 2. The minimum absolute atomic E-state index is 0.00674. The molecule has 2 aliphatic rings. The molecule has 0 aliphatic carbocycles. The zero-order valence-electron chi connectivity index (χ0n) is 17.4. The second kappa shape index (κ2) is 10.8. The first-order valence-corrected chi connectivity index (χ1v) is 11.8. The van der Waals surface area contributed by atoms with Crippen molar-refractivity contribution in [3.05, 3.63) is 30.1 Å². The topological polar surface area (TPSA) is 69.7 Å². The van der Waals surface area contributed by atoms with Crippen LogP contribution < -0.4 is 5.32 Å². The van der Waals surface area contributed by atoms with E-state index in [4.69, 9.17) is 0 Å². The van der Waals surface area contributed by atoms with Gasteiger partial charge in [-0.15, -0.1) is 11.8 Å². The van der Waals surface area contributed by atoms with E-state index in [9.17, 15) is 18.8 Å². The van der Waals surface area contributed by atoms with Crippen molar-refractivity contribution in [1.29, 1.82) is 0 Å². The summed E-state index contributed by atoms with van der Waals surface area (Å²) in [6, 6.07) is 5.57. The summed E-state index contributed by atoms with van der Waals surface area (Å²) in [6.07, 6.45) is 3.59. The normalized spacial score (nSPS) is 18.3. The number of piperidine rings is 2. The number of anilines is 1.